The lowest BCUT2D eigenvalue weighted by atomic mass is 10.3. The van der Waals surface area contributed by atoms with E-state index < -0.39 is 16.1 Å². The van der Waals surface area contributed by atoms with Gasteiger partial charge in [-0.1, -0.05) is 12.1 Å². The highest BCUT2D eigenvalue weighted by atomic mass is 32.2. The van der Waals surface area contributed by atoms with E-state index in [1.807, 2.05) is 4.72 Å². The lowest BCUT2D eigenvalue weighted by molar-refractivity contribution is 0.243. The number of anilines is 1. The van der Waals surface area contributed by atoms with Gasteiger partial charge in [-0.05, 0) is 26.0 Å². The van der Waals surface area contributed by atoms with E-state index in [1.165, 1.54) is 0 Å². The Morgan fingerprint density at radius 3 is 2.60 bits per heavy atom. The number of sulfonamides is 1. The topological polar surface area (TPSA) is 111 Å². The molecule has 1 rings (SSSR count). The van der Waals surface area contributed by atoms with Crippen molar-refractivity contribution in [1.29, 1.82) is 0 Å². The van der Waals surface area contributed by atoms with Gasteiger partial charge in [0.05, 0.1) is 5.69 Å². The fourth-order valence-electron chi connectivity index (χ4n) is 1.36. The molecule has 0 atom stereocenters. The Labute approximate surface area is 118 Å². The summed E-state index contributed by atoms with van der Waals surface area (Å²) in [6, 6.07) is 5.87. The molecule has 0 fully saturated rings. The molecule has 20 heavy (non-hydrogen) atoms. The molecule has 0 spiro atoms. The molecule has 0 aromatic heterocycles. The third kappa shape index (κ3) is 5.79. The number of rotatable bonds is 6. The van der Waals surface area contributed by atoms with Gasteiger partial charge in [0.2, 0.25) is 10.0 Å². The zero-order valence-corrected chi connectivity index (χ0v) is 12.2. The third-order valence-electron chi connectivity index (χ3n) is 2.20. The number of carbonyl (C=O) groups is 1. The van der Waals surface area contributed by atoms with E-state index in [0.29, 0.717) is 11.4 Å². The summed E-state index contributed by atoms with van der Waals surface area (Å²) < 4.78 is 30.4. The quantitative estimate of drug-likeness (QED) is 0.669. The second-order valence-corrected chi connectivity index (χ2v) is 6.28. The van der Waals surface area contributed by atoms with Crippen LogP contribution >= 0.6 is 0 Å². The molecule has 0 unspecified atom stereocenters. The fraction of sp³-hybridized carbons (Fsp3) is 0.417. The highest BCUT2D eigenvalue weighted by molar-refractivity contribution is 7.90. The average molecular weight is 301 g/mol. The summed E-state index contributed by atoms with van der Waals surface area (Å²) in [6.07, 6.45) is 0. The van der Waals surface area contributed by atoms with Crippen molar-refractivity contribution in [1.82, 2.24) is 10.0 Å². The van der Waals surface area contributed by atoms with Crippen molar-refractivity contribution in [2.24, 2.45) is 0 Å². The van der Waals surface area contributed by atoms with Crippen LogP contribution < -0.4 is 20.5 Å². The molecule has 1 aromatic carbocycles. The molecule has 0 heterocycles. The first-order valence-corrected chi connectivity index (χ1v) is 7.73. The summed E-state index contributed by atoms with van der Waals surface area (Å²) in [5, 5.41) is 2.43. The molecule has 8 heteroatoms. The van der Waals surface area contributed by atoms with Crippen molar-refractivity contribution in [3.8, 4) is 5.75 Å². The molecule has 0 aliphatic rings. The molecule has 1 aromatic rings. The maximum Gasteiger partial charge on any atom is 0.328 e. The monoisotopic (exact) mass is 301 g/mol. The van der Waals surface area contributed by atoms with Gasteiger partial charge in [-0.15, -0.1) is 0 Å². The van der Waals surface area contributed by atoms with Gasteiger partial charge < -0.3 is 15.8 Å². The van der Waals surface area contributed by atoms with Crippen LogP contribution in [-0.4, -0.2) is 32.9 Å². The Morgan fingerprint density at radius 1 is 1.35 bits per heavy atom. The first kappa shape index (κ1) is 16.1. The highest BCUT2D eigenvalue weighted by Gasteiger charge is 2.15. The van der Waals surface area contributed by atoms with Crippen LogP contribution in [0.3, 0.4) is 0 Å². The predicted octanol–water partition coefficient (Wildman–Crippen LogP) is 0.685. The number of benzene rings is 1. The minimum Gasteiger partial charge on any atom is -0.490 e. The highest BCUT2D eigenvalue weighted by Crippen LogP contribution is 2.19. The number of urea groups is 1. The molecule has 0 saturated heterocycles. The van der Waals surface area contributed by atoms with E-state index >= 15 is 0 Å². The summed E-state index contributed by atoms with van der Waals surface area (Å²) >= 11 is 0. The van der Waals surface area contributed by atoms with Crippen LogP contribution in [0.15, 0.2) is 24.3 Å². The Morgan fingerprint density at radius 2 is 2.00 bits per heavy atom. The van der Waals surface area contributed by atoms with Crippen molar-refractivity contribution in [2.45, 2.75) is 19.9 Å². The molecular formula is C12H19N3O4S. The third-order valence-corrected chi connectivity index (χ3v) is 3.40. The van der Waals surface area contributed by atoms with Crippen LogP contribution in [0.5, 0.6) is 5.75 Å². The zero-order chi connectivity index (χ0) is 15.2. The van der Waals surface area contributed by atoms with Gasteiger partial charge in [0.1, 0.15) is 18.1 Å². The van der Waals surface area contributed by atoms with Gasteiger partial charge in [-0.3, -0.25) is 0 Å². The second-order valence-electron chi connectivity index (χ2n) is 4.44. The van der Waals surface area contributed by atoms with Gasteiger partial charge in [0.25, 0.3) is 0 Å². The summed E-state index contributed by atoms with van der Waals surface area (Å²) in [7, 11) is -3.74. The van der Waals surface area contributed by atoms with Gasteiger partial charge in [0, 0.05) is 6.04 Å². The summed E-state index contributed by atoms with van der Waals surface area (Å²) in [5.74, 6) is 0.0710. The van der Waals surface area contributed by atoms with Crippen molar-refractivity contribution in [3.05, 3.63) is 24.3 Å². The normalized spacial score (nSPS) is 11.2. The van der Waals surface area contributed by atoms with Gasteiger partial charge in [-0.2, -0.15) is 0 Å². The maximum atomic E-state index is 11.6. The van der Waals surface area contributed by atoms with Crippen molar-refractivity contribution >= 4 is 21.7 Å². The van der Waals surface area contributed by atoms with Crippen molar-refractivity contribution < 1.29 is 17.9 Å². The number of para-hydroxylation sites is 2. The van der Waals surface area contributed by atoms with E-state index in [-0.39, 0.29) is 18.4 Å². The first-order chi connectivity index (χ1) is 9.30. The van der Waals surface area contributed by atoms with Crippen molar-refractivity contribution in [2.75, 3.05) is 18.1 Å². The number of nitrogen functional groups attached to an aromatic ring is 1. The summed E-state index contributed by atoms with van der Waals surface area (Å²) in [4.78, 5) is 11.3. The van der Waals surface area contributed by atoms with Crippen LogP contribution in [0.4, 0.5) is 10.5 Å². The molecular weight excluding hydrogens is 282 g/mol. The number of carbonyl (C=O) groups excluding carboxylic acids is 1. The van der Waals surface area contributed by atoms with E-state index in [1.54, 1.807) is 38.1 Å². The van der Waals surface area contributed by atoms with Gasteiger partial charge in [0.15, 0.2) is 0 Å². The van der Waals surface area contributed by atoms with Crippen LogP contribution in [0.1, 0.15) is 13.8 Å². The molecule has 112 valence electrons. The number of hydrogen-bond donors (Lipinski definition) is 3. The molecule has 0 aliphatic heterocycles. The van der Waals surface area contributed by atoms with Crippen LogP contribution in [0.2, 0.25) is 0 Å². The van der Waals surface area contributed by atoms with Gasteiger partial charge in [-0.25, -0.2) is 17.9 Å². The van der Waals surface area contributed by atoms with E-state index in [4.69, 9.17) is 10.5 Å². The lowest BCUT2D eigenvalue weighted by Crippen LogP contribution is -2.43. The fourth-order valence-corrected chi connectivity index (χ4v) is 2.10. The molecule has 0 saturated carbocycles. The second kappa shape index (κ2) is 6.99. The largest absolute Gasteiger partial charge is 0.490 e. The summed E-state index contributed by atoms with van der Waals surface area (Å²) in [6.45, 7) is 3.36. The van der Waals surface area contributed by atoms with Crippen LogP contribution in [0.25, 0.3) is 0 Å². The predicted molar refractivity (Wildman–Crippen MR) is 76.9 cm³/mol. The molecule has 7 nitrogen and oxygen atoms in total. The van der Waals surface area contributed by atoms with Gasteiger partial charge >= 0.3 is 6.03 Å². The number of ether oxygens (including phenoxy) is 1. The lowest BCUT2D eigenvalue weighted by Gasteiger charge is -2.11. The Bertz CT molecular complexity index is 558. The van der Waals surface area contributed by atoms with Crippen molar-refractivity contribution in [3.63, 3.8) is 0 Å². The molecule has 0 radical (unpaired) electrons. The number of nitrogens with one attached hydrogen (secondary N) is 2. The summed E-state index contributed by atoms with van der Waals surface area (Å²) in [5.41, 5.74) is 6.08. The minimum atomic E-state index is -3.74. The van der Waals surface area contributed by atoms with E-state index in [2.05, 4.69) is 5.32 Å². The zero-order valence-electron chi connectivity index (χ0n) is 11.4. The van der Waals surface area contributed by atoms with E-state index in [0.717, 1.165) is 0 Å². The smallest absolute Gasteiger partial charge is 0.328 e. The van der Waals surface area contributed by atoms with Crippen LogP contribution in [0, 0.1) is 0 Å². The Hall–Kier alpha value is -1.96. The Kier molecular flexibility index (Phi) is 5.63. The Balaban J connectivity index is 2.44. The number of nitrogens with two attached hydrogens (primary N) is 1. The number of amides is 2. The molecule has 0 aliphatic carbocycles. The minimum absolute atomic E-state index is 0.0987. The standard InChI is InChI=1S/C12H19N3O4S/c1-9(2)14-12(16)15-20(17,18)8-7-19-11-6-4-3-5-10(11)13/h3-6,9H,7-8,13H2,1-2H3,(H2,14,15,16). The average Bonchev–Trinajstić information content (AvgIpc) is 2.29. The van der Waals surface area contributed by atoms with Crippen LogP contribution in [-0.2, 0) is 10.0 Å². The molecule has 4 N–H and O–H groups in total. The maximum absolute atomic E-state index is 11.6. The first-order valence-electron chi connectivity index (χ1n) is 6.08. The SMILES string of the molecule is CC(C)NC(=O)NS(=O)(=O)CCOc1ccccc1N. The molecule has 2 amide bonds. The molecule has 0 bridgehead atoms. The van der Waals surface area contributed by atoms with E-state index in [9.17, 15) is 13.2 Å². The number of hydrogen-bond acceptors (Lipinski definition) is 5.